The Morgan fingerprint density at radius 1 is 1.05 bits per heavy atom. The number of fused-ring (bicyclic) bond motifs is 2. The van der Waals surface area contributed by atoms with Crippen molar-refractivity contribution in [2.24, 2.45) is 0 Å². The molecule has 0 spiro atoms. The van der Waals surface area contributed by atoms with Gasteiger partial charge < -0.3 is 19.5 Å². The summed E-state index contributed by atoms with van der Waals surface area (Å²) >= 11 is 0. The van der Waals surface area contributed by atoms with Crippen LogP contribution in [0.3, 0.4) is 0 Å². The van der Waals surface area contributed by atoms with E-state index in [2.05, 4.69) is 10.3 Å². The largest absolute Gasteiger partial charge is 0.481 e. The summed E-state index contributed by atoms with van der Waals surface area (Å²) in [6, 6.07) is 15.6. The second-order valence-corrected chi connectivity index (χ2v) is 4.89. The van der Waals surface area contributed by atoms with Crippen LogP contribution in [0.25, 0.3) is 10.9 Å². The summed E-state index contributed by atoms with van der Waals surface area (Å²) in [5, 5.41) is 4.41. The van der Waals surface area contributed by atoms with Crippen LogP contribution in [0.4, 0.5) is 11.4 Å². The summed E-state index contributed by atoms with van der Waals surface area (Å²) in [6.45, 7) is 0.244. The van der Waals surface area contributed by atoms with Crippen LogP contribution >= 0.6 is 0 Å². The van der Waals surface area contributed by atoms with E-state index in [0.717, 1.165) is 33.8 Å². The average Bonchev–Trinajstić information content (AvgIpc) is 3.04. The van der Waals surface area contributed by atoms with Gasteiger partial charge in [0.15, 0.2) is 11.5 Å². The molecule has 0 saturated carbocycles. The van der Waals surface area contributed by atoms with Gasteiger partial charge in [0.25, 0.3) is 0 Å². The molecule has 0 atom stereocenters. The van der Waals surface area contributed by atoms with E-state index < -0.39 is 0 Å². The first-order valence-electron chi connectivity index (χ1n) is 6.94. The summed E-state index contributed by atoms with van der Waals surface area (Å²) in [6.07, 6.45) is 0. The number of rotatable bonds is 3. The zero-order valence-electron chi connectivity index (χ0n) is 12.0. The number of nitrogens with one attached hydrogen (secondary N) is 1. The number of benzene rings is 2. The topological polar surface area (TPSA) is 52.6 Å². The Hall–Kier alpha value is -2.95. The molecular formula is C17H14N2O3. The van der Waals surface area contributed by atoms with Crippen LogP contribution in [-0.2, 0) is 0 Å². The summed E-state index contributed by atoms with van der Waals surface area (Å²) in [5.41, 5.74) is 2.63. The molecule has 0 amide bonds. The lowest BCUT2D eigenvalue weighted by molar-refractivity contribution is 0.174. The van der Waals surface area contributed by atoms with E-state index in [9.17, 15) is 0 Å². The molecule has 0 radical (unpaired) electrons. The lowest BCUT2D eigenvalue weighted by Crippen LogP contribution is -1.97. The summed E-state index contributed by atoms with van der Waals surface area (Å²) in [4.78, 5) is 4.45. The molecule has 4 rings (SSSR count). The predicted octanol–water partition coefficient (Wildman–Crippen LogP) is 3.72. The Balaban J connectivity index is 1.83. The number of anilines is 2. The molecule has 110 valence electrons. The molecule has 22 heavy (non-hydrogen) atoms. The minimum Gasteiger partial charge on any atom is -0.481 e. The van der Waals surface area contributed by atoms with Crippen molar-refractivity contribution in [2.45, 2.75) is 0 Å². The Bertz CT molecular complexity index is 848. The van der Waals surface area contributed by atoms with Crippen LogP contribution < -0.4 is 19.5 Å². The average molecular weight is 294 g/mol. The van der Waals surface area contributed by atoms with Gasteiger partial charge in [-0.1, -0.05) is 24.3 Å². The van der Waals surface area contributed by atoms with Gasteiger partial charge in [0.2, 0.25) is 12.7 Å². The number of ether oxygens (including phenoxy) is 3. The molecule has 1 aliphatic heterocycles. The first-order valence-corrected chi connectivity index (χ1v) is 6.94. The van der Waals surface area contributed by atoms with Gasteiger partial charge in [-0.25, -0.2) is 4.98 Å². The van der Waals surface area contributed by atoms with E-state index in [1.165, 1.54) is 0 Å². The Labute approximate surface area is 127 Å². The number of para-hydroxylation sites is 2. The highest BCUT2D eigenvalue weighted by molar-refractivity contribution is 5.94. The van der Waals surface area contributed by atoms with E-state index in [4.69, 9.17) is 14.2 Å². The maximum Gasteiger partial charge on any atom is 0.231 e. The zero-order valence-corrected chi connectivity index (χ0v) is 12.0. The number of nitrogens with zero attached hydrogens (tertiary/aromatic N) is 1. The first-order chi connectivity index (χ1) is 10.8. The van der Waals surface area contributed by atoms with Gasteiger partial charge in [-0.05, 0) is 18.2 Å². The summed E-state index contributed by atoms with van der Waals surface area (Å²) in [5.74, 6) is 2.03. The van der Waals surface area contributed by atoms with Gasteiger partial charge in [0.05, 0.1) is 24.0 Å². The summed E-state index contributed by atoms with van der Waals surface area (Å²) < 4.78 is 16.2. The third-order valence-electron chi connectivity index (χ3n) is 3.57. The second kappa shape index (κ2) is 5.11. The van der Waals surface area contributed by atoms with Crippen molar-refractivity contribution in [1.29, 1.82) is 0 Å². The van der Waals surface area contributed by atoms with E-state index in [1.54, 1.807) is 7.11 Å². The highest BCUT2D eigenvalue weighted by Gasteiger charge is 2.18. The van der Waals surface area contributed by atoms with Gasteiger partial charge >= 0.3 is 0 Å². The second-order valence-electron chi connectivity index (χ2n) is 4.89. The molecule has 5 heteroatoms. The molecule has 2 aromatic carbocycles. The number of pyridine rings is 1. The van der Waals surface area contributed by atoms with E-state index in [-0.39, 0.29) is 6.79 Å². The standard InChI is InChI=1S/C17H14N2O3/c1-20-16-9-14(11-5-2-3-6-12(11)19-16)18-13-7-4-8-15-17(13)22-10-21-15/h2-9H,10H2,1H3,(H,18,19). The first kappa shape index (κ1) is 12.8. The fraction of sp³-hybridized carbons (Fsp3) is 0.118. The molecule has 0 bridgehead atoms. The zero-order chi connectivity index (χ0) is 14.9. The molecule has 5 nitrogen and oxygen atoms in total. The Morgan fingerprint density at radius 3 is 2.86 bits per heavy atom. The molecule has 0 unspecified atom stereocenters. The van der Waals surface area contributed by atoms with Crippen molar-refractivity contribution in [2.75, 3.05) is 19.2 Å². The van der Waals surface area contributed by atoms with Crippen molar-refractivity contribution in [3.8, 4) is 17.4 Å². The van der Waals surface area contributed by atoms with Crippen LogP contribution in [-0.4, -0.2) is 18.9 Å². The van der Waals surface area contributed by atoms with E-state index >= 15 is 0 Å². The van der Waals surface area contributed by atoms with E-state index in [0.29, 0.717) is 5.88 Å². The predicted molar refractivity (Wildman–Crippen MR) is 84.1 cm³/mol. The molecular weight excluding hydrogens is 280 g/mol. The van der Waals surface area contributed by atoms with Crippen molar-refractivity contribution in [1.82, 2.24) is 4.98 Å². The fourth-order valence-electron chi connectivity index (χ4n) is 2.53. The minimum absolute atomic E-state index is 0.244. The van der Waals surface area contributed by atoms with Crippen molar-refractivity contribution < 1.29 is 14.2 Å². The van der Waals surface area contributed by atoms with Gasteiger partial charge in [-0.2, -0.15) is 0 Å². The fourth-order valence-corrected chi connectivity index (χ4v) is 2.53. The number of hydrogen-bond acceptors (Lipinski definition) is 5. The third kappa shape index (κ3) is 2.07. The van der Waals surface area contributed by atoms with Crippen molar-refractivity contribution in [3.63, 3.8) is 0 Å². The number of hydrogen-bond donors (Lipinski definition) is 1. The molecule has 3 aromatic rings. The van der Waals surface area contributed by atoms with Gasteiger partial charge in [-0.3, -0.25) is 0 Å². The highest BCUT2D eigenvalue weighted by atomic mass is 16.7. The molecule has 1 aromatic heterocycles. The van der Waals surface area contributed by atoms with Crippen molar-refractivity contribution in [3.05, 3.63) is 48.5 Å². The van der Waals surface area contributed by atoms with Crippen LogP contribution in [0.1, 0.15) is 0 Å². The number of aromatic nitrogens is 1. The minimum atomic E-state index is 0.244. The molecule has 1 N–H and O–H groups in total. The molecule has 2 heterocycles. The van der Waals surface area contributed by atoms with Crippen LogP contribution in [0.5, 0.6) is 17.4 Å². The molecule has 1 aliphatic rings. The highest BCUT2D eigenvalue weighted by Crippen LogP contribution is 2.41. The van der Waals surface area contributed by atoms with Crippen LogP contribution in [0, 0.1) is 0 Å². The van der Waals surface area contributed by atoms with Gasteiger partial charge in [0, 0.05) is 11.5 Å². The number of methoxy groups -OCH3 is 1. The monoisotopic (exact) mass is 294 g/mol. The SMILES string of the molecule is COc1cc(Nc2cccc3c2OCO3)c2ccccc2n1. The Morgan fingerprint density at radius 2 is 1.95 bits per heavy atom. The Kier molecular flexibility index (Phi) is 2.96. The third-order valence-corrected chi connectivity index (χ3v) is 3.57. The normalized spacial score (nSPS) is 12.4. The maximum atomic E-state index is 5.54. The lowest BCUT2D eigenvalue weighted by atomic mass is 10.1. The van der Waals surface area contributed by atoms with Crippen LogP contribution in [0.15, 0.2) is 48.5 Å². The smallest absolute Gasteiger partial charge is 0.231 e. The molecule has 0 fully saturated rings. The summed E-state index contributed by atoms with van der Waals surface area (Å²) in [7, 11) is 1.61. The van der Waals surface area contributed by atoms with E-state index in [1.807, 2.05) is 48.5 Å². The van der Waals surface area contributed by atoms with Gasteiger partial charge in [-0.15, -0.1) is 0 Å². The molecule has 0 saturated heterocycles. The maximum absolute atomic E-state index is 5.54. The lowest BCUT2D eigenvalue weighted by Gasteiger charge is -2.13. The van der Waals surface area contributed by atoms with Crippen molar-refractivity contribution >= 4 is 22.3 Å². The molecule has 0 aliphatic carbocycles. The van der Waals surface area contributed by atoms with Crippen LogP contribution in [0.2, 0.25) is 0 Å². The van der Waals surface area contributed by atoms with Gasteiger partial charge in [0.1, 0.15) is 0 Å². The quantitative estimate of drug-likeness (QED) is 0.798.